The van der Waals surface area contributed by atoms with Crippen LogP contribution in [0.2, 0.25) is 0 Å². The number of pyridine rings is 1. The van der Waals surface area contributed by atoms with Gasteiger partial charge < -0.3 is 20.1 Å². The summed E-state index contributed by atoms with van der Waals surface area (Å²) in [6, 6.07) is 7.57. The van der Waals surface area contributed by atoms with Crippen molar-refractivity contribution in [2.45, 2.75) is 13.5 Å². The van der Waals surface area contributed by atoms with Crippen LogP contribution in [0.4, 0.5) is 11.6 Å². The second kappa shape index (κ2) is 7.65. The second-order valence-electron chi connectivity index (χ2n) is 5.36. The van der Waals surface area contributed by atoms with Crippen molar-refractivity contribution < 1.29 is 9.47 Å². The van der Waals surface area contributed by atoms with Crippen LogP contribution in [0.1, 0.15) is 12.5 Å². The summed E-state index contributed by atoms with van der Waals surface area (Å²) in [7, 11) is 3.21. The van der Waals surface area contributed by atoms with Crippen molar-refractivity contribution in [1.29, 1.82) is 0 Å². The molecule has 0 radical (unpaired) electrons. The number of ether oxygens (including phenoxy) is 2. The lowest BCUT2D eigenvalue weighted by Crippen LogP contribution is -2.09. The molecule has 25 heavy (non-hydrogen) atoms. The van der Waals surface area contributed by atoms with Gasteiger partial charge in [0.25, 0.3) is 0 Å². The minimum absolute atomic E-state index is 0.611. The van der Waals surface area contributed by atoms with Gasteiger partial charge in [0.1, 0.15) is 0 Å². The van der Waals surface area contributed by atoms with Crippen molar-refractivity contribution in [3.05, 3.63) is 42.2 Å². The molecule has 2 aromatic heterocycles. The number of nitrogens with zero attached hydrogens (tertiary/aromatic N) is 3. The molecule has 1 aromatic carbocycles. The van der Waals surface area contributed by atoms with Crippen molar-refractivity contribution in [2.24, 2.45) is 0 Å². The molecule has 7 heteroatoms. The molecule has 2 N–H and O–H groups in total. The number of benzene rings is 1. The molecule has 0 bridgehead atoms. The van der Waals surface area contributed by atoms with Crippen LogP contribution in [0, 0.1) is 0 Å². The number of anilines is 2. The van der Waals surface area contributed by atoms with E-state index in [1.54, 1.807) is 20.4 Å². The van der Waals surface area contributed by atoms with E-state index in [0.29, 0.717) is 29.7 Å². The summed E-state index contributed by atoms with van der Waals surface area (Å²) in [6.07, 6.45) is 3.57. The largest absolute Gasteiger partial charge is 0.493 e. The summed E-state index contributed by atoms with van der Waals surface area (Å²) >= 11 is 0. The molecule has 0 unspecified atom stereocenters. The third-order valence-corrected chi connectivity index (χ3v) is 3.70. The third kappa shape index (κ3) is 3.71. The Morgan fingerprint density at radius 1 is 0.960 bits per heavy atom. The lowest BCUT2D eigenvalue weighted by molar-refractivity contribution is 0.355. The zero-order valence-corrected chi connectivity index (χ0v) is 14.5. The first-order valence-corrected chi connectivity index (χ1v) is 8.05. The topological polar surface area (TPSA) is 81.2 Å². The van der Waals surface area contributed by atoms with Crippen LogP contribution in [0.15, 0.2) is 36.7 Å². The number of aromatic nitrogens is 3. The van der Waals surface area contributed by atoms with Gasteiger partial charge in [0.05, 0.1) is 25.3 Å². The van der Waals surface area contributed by atoms with Crippen molar-refractivity contribution >= 4 is 22.7 Å². The zero-order chi connectivity index (χ0) is 17.6. The molecule has 3 aromatic rings. The first-order valence-electron chi connectivity index (χ1n) is 8.05. The minimum Gasteiger partial charge on any atom is -0.493 e. The summed E-state index contributed by atoms with van der Waals surface area (Å²) in [5.74, 6) is 2.64. The third-order valence-electron chi connectivity index (χ3n) is 3.70. The van der Waals surface area contributed by atoms with E-state index in [4.69, 9.17) is 14.5 Å². The number of nitrogens with one attached hydrogen (secondary N) is 2. The molecule has 0 aliphatic carbocycles. The molecule has 0 aliphatic rings. The van der Waals surface area contributed by atoms with E-state index in [9.17, 15) is 0 Å². The van der Waals surface area contributed by atoms with E-state index in [2.05, 4.69) is 20.6 Å². The molecule has 3 rings (SSSR count). The molecule has 7 nitrogen and oxygen atoms in total. The van der Waals surface area contributed by atoms with Gasteiger partial charge >= 0.3 is 0 Å². The van der Waals surface area contributed by atoms with E-state index in [-0.39, 0.29) is 0 Å². The van der Waals surface area contributed by atoms with Crippen LogP contribution in [0.3, 0.4) is 0 Å². The fraction of sp³-hybridized carbons (Fsp3) is 0.278. The monoisotopic (exact) mass is 339 g/mol. The highest BCUT2D eigenvalue weighted by molar-refractivity contribution is 5.83. The fourth-order valence-corrected chi connectivity index (χ4v) is 2.49. The summed E-state index contributed by atoms with van der Waals surface area (Å²) in [5, 5.41) is 6.57. The van der Waals surface area contributed by atoms with Gasteiger partial charge in [-0.25, -0.2) is 9.97 Å². The SMILES string of the molecule is CCNc1nc2cc(OC)c(OC)cc2nc1NCc1cccnc1. The number of rotatable bonds is 7. The van der Waals surface area contributed by atoms with Gasteiger partial charge in [-0.1, -0.05) is 6.07 Å². The van der Waals surface area contributed by atoms with Crippen LogP contribution in [0.5, 0.6) is 11.5 Å². The van der Waals surface area contributed by atoms with Crippen LogP contribution >= 0.6 is 0 Å². The fourth-order valence-electron chi connectivity index (χ4n) is 2.49. The van der Waals surface area contributed by atoms with Gasteiger partial charge in [-0.3, -0.25) is 4.98 Å². The van der Waals surface area contributed by atoms with Crippen LogP contribution in [-0.4, -0.2) is 35.7 Å². The molecule has 0 saturated carbocycles. The lowest BCUT2D eigenvalue weighted by atomic mass is 10.2. The highest BCUT2D eigenvalue weighted by Gasteiger charge is 2.12. The molecule has 0 saturated heterocycles. The van der Waals surface area contributed by atoms with Gasteiger partial charge in [0, 0.05) is 37.6 Å². The highest BCUT2D eigenvalue weighted by Crippen LogP contribution is 2.32. The maximum Gasteiger partial charge on any atom is 0.170 e. The average molecular weight is 339 g/mol. The minimum atomic E-state index is 0.611. The van der Waals surface area contributed by atoms with Gasteiger partial charge in [0.15, 0.2) is 23.1 Å². The number of hydrogen-bond donors (Lipinski definition) is 2. The molecule has 0 atom stereocenters. The van der Waals surface area contributed by atoms with Crippen molar-refractivity contribution in [3.63, 3.8) is 0 Å². The average Bonchev–Trinajstić information content (AvgIpc) is 2.66. The van der Waals surface area contributed by atoms with E-state index in [0.717, 1.165) is 23.1 Å². The Kier molecular flexibility index (Phi) is 5.13. The summed E-state index contributed by atoms with van der Waals surface area (Å²) in [6.45, 7) is 3.38. The standard InChI is InChI=1S/C18H21N5O2/c1-4-20-17-18(21-11-12-6-5-7-19-10-12)23-14-9-16(25-3)15(24-2)8-13(14)22-17/h5-10H,4,11H2,1-3H3,(H,20,22)(H,21,23). The Hall–Kier alpha value is -3.09. The molecule has 2 heterocycles. The van der Waals surface area contributed by atoms with Gasteiger partial charge in [-0.2, -0.15) is 0 Å². The first kappa shape index (κ1) is 16.8. The Balaban J connectivity index is 1.98. The molecule has 0 fully saturated rings. The normalized spacial score (nSPS) is 10.5. The van der Waals surface area contributed by atoms with Gasteiger partial charge in [-0.05, 0) is 18.6 Å². The summed E-state index contributed by atoms with van der Waals surface area (Å²) in [5.41, 5.74) is 2.53. The highest BCUT2D eigenvalue weighted by atomic mass is 16.5. The quantitative estimate of drug-likeness (QED) is 0.684. The van der Waals surface area contributed by atoms with Crippen molar-refractivity contribution in [3.8, 4) is 11.5 Å². The van der Waals surface area contributed by atoms with Gasteiger partial charge in [-0.15, -0.1) is 0 Å². The summed E-state index contributed by atoms with van der Waals surface area (Å²) in [4.78, 5) is 13.5. The van der Waals surface area contributed by atoms with E-state index >= 15 is 0 Å². The maximum absolute atomic E-state index is 5.35. The van der Waals surface area contributed by atoms with E-state index in [1.807, 2.05) is 37.4 Å². The van der Waals surface area contributed by atoms with Crippen LogP contribution < -0.4 is 20.1 Å². The zero-order valence-electron chi connectivity index (χ0n) is 14.5. The molecule has 0 aliphatic heterocycles. The number of methoxy groups -OCH3 is 2. The van der Waals surface area contributed by atoms with Crippen molar-refractivity contribution in [1.82, 2.24) is 15.0 Å². The molecular formula is C18H21N5O2. The van der Waals surface area contributed by atoms with E-state index < -0.39 is 0 Å². The molecule has 130 valence electrons. The van der Waals surface area contributed by atoms with Gasteiger partial charge in [0.2, 0.25) is 0 Å². The number of fused-ring (bicyclic) bond motifs is 1. The maximum atomic E-state index is 5.35. The van der Waals surface area contributed by atoms with E-state index in [1.165, 1.54) is 0 Å². The Morgan fingerprint density at radius 2 is 1.60 bits per heavy atom. The summed E-state index contributed by atoms with van der Waals surface area (Å²) < 4.78 is 10.7. The van der Waals surface area contributed by atoms with Crippen LogP contribution in [-0.2, 0) is 6.54 Å². The van der Waals surface area contributed by atoms with Crippen LogP contribution in [0.25, 0.3) is 11.0 Å². The predicted molar refractivity (Wildman–Crippen MR) is 98.4 cm³/mol. The Bertz CT molecular complexity index is 855. The Morgan fingerprint density at radius 3 is 2.12 bits per heavy atom. The molecule has 0 amide bonds. The molecule has 0 spiro atoms. The second-order valence-corrected chi connectivity index (χ2v) is 5.36. The smallest absolute Gasteiger partial charge is 0.170 e. The first-order chi connectivity index (χ1) is 12.2. The Labute approximate surface area is 146 Å². The molecular weight excluding hydrogens is 318 g/mol. The van der Waals surface area contributed by atoms with Crippen molar-refractivity contribution in [2.75, 3.05) is 31.4 Å². The predicted octanol–water partition coefficient (Wildman–Crippen LogP) is 3.09. The number of hydrogen-bond acceptors (Lipinski definition) is 7. The lowest BCUT2D eigenvalue weighted by Gasteiger charge is -2.14.